The van der Waals surface area contributed by atoms with E-state index < -0.39 is 0 Å². The molecule has 2 aromatic rings. The van der Waals surface area contributed by atoms with Crippen LogP contribution in [0.2, 0.25) is 0 Å². The number of hydrogen-bond donors (Lipinski definition) is 1. The summed E-state index contributed by atoms with van der Waals surface area (Å²) in [4.78, 5) is 4.41. The first-order chi connectivity index (χ1) is 9.36. The molecule has 1 unspecified atom stereocenters. The number of imidazole rings is 1. The maximum Gasteiger partial charge on any atom is 0.122 e. The average molecular weight is 257 g/mol. The topological polar surface area (TPSA) is 39.1 Å². The zero-order valence-corrected chi connectivity index (χ0v) is 11.2. The van der Waals surface area contributed by atoms with Crippen molar-refractivity contribution in [3.05, 3.63) is 48.0 Å². The van der Waals surface area contributed by atoms with Crippen LogP contribution in [0.4, 0.5) is 0 Å². The third-order valence-electron chi connectivity index (χ3n) is 3.47. The lowest BCUT2D eigenvalue weighted by molar-refractivity contribution is 0.319. The highest BCUT2D eigenvalue weighted by Crippen LogP contribution is 2.34. The van der Waals surface area contributed by atoms with Gasteiger partial charge in [0.25, 0.3) is 0 Å². The van der Waals surface area contributed by atoms with Crippen LogP contribution in [-0.4, -0.2) is 22.7 Å². The second-order valence-corrected chi connectivity index (χ2v) is 4.89. The zero-order chi connectivity index (χ0) is 13.1. The normalized spacial score (nSPS) is 17.2. The first-order valence-electron chi connectivity index (χ1n) is 6.80. The third-order valence-corrected chi connectivity index (χ3v) is 3.47. The Bertz CT molecular complexity index is 550. The van der Waals surface area contributed by atoms with Crippen molar-refractivity contribution in [2.75, 3.05) is 13.2 Å². The maximum atomic E-state index is 5.71. The quantitative estimate of drug-likeness (QED) is 0.892. The molecule has 0 bridgehead atoms. The van der Waals surface area contributed by atoms with E-state index in [2.05, 4.69) is 40.1 Å². The number of ether oxygens (including phenoxy) is 1. The molecule has 19 heavy (non-hydrogen) atoms. The molecule has 100 valence electrons. The molecule has 4 heteroatoms. The van der Waals surface area contributed by atoms with Crippen molar-refractivity contribution in [2.45, 2.75) is 25.9 Å². The van der Waals surface area contributed by atoms with Gasteiger partial charge in [0.1, 0.15) is 5.75 Å². The largest absolute Gasteiger partial charge is 0.493 e. The van der Waals surface area contributed by atoms with Crippen molar-refractivity contribution in [1.29, 1.82) is 0 Å². The second kappa shape index (κ2) is 5.45. The Balaban J connectivity index is 1.68. The van der Waals surface area contributed by atoms with Crippen molar-refractivity contribution in [3.63, 3.8) is 0 Å². The molecule has 1 aliphatic heterocycles. The highest BCUT2D eigenvalue weighted by molar-refractivity contribution is 5.39. The smallest absolute Gasteiger partial charge is 0.122 e. The molecule has 0 aliphatic carbocycles. The number of hydrogen-bond acceptors (Lipinski definition) is 3. The lowest BCUT2D eigenvalue weighted by Gasteiger charge is -2.09. The fourth-order valence-corrected chi connectivity index (χ4v) is 2.49. The molecule has 0 spiro atoms. The second-order valence-electron chi connectivity index (χ2n) is 4.89. The van der Waals surface area contributed by atoms with Crippen molar-refractivity contribution in [2.24, 2.45) is 0 Å². The fraction of sp³-hybridized carbons (Fsp3) is 0.400. The Kier molecular flexibility index (Phi) is 3.51. The SMILES string of the molecule is CCNCc1cn(CC2COc3ccccc32)cn1. The number of para-hydroxylation sites is 1. The summed E-state index contributed by atoms with van der Waals surface area (Å²) in [6.07, 6.45) is 4.03. The number of rotatable bonds is 5. The van der Waals surface area contributed by atoms with Crippen molar-refractivity contribution in [1.82, 2.24) is 14.9 Å². The predicted molar refractivity (Wildman–Crippen MR) is 74.3 cm³/mol. The van der Waals surface area contributed by atoms with Gasteiger partial charge in [0, 0.05) is 30.8 Å². The Labute approximate surface area is 113 Å². The standard InChI is InChI=1S/C15H19N3O/c1-2-16-7-13-9-18(11-17-13)8-12-10-19-15-6-4-3-5-14(12)15/h3-6,9,11-12,16H,2,7-8,10H2,1H3. The van der Waals surface area contributed by atoms with Crippen LogP contribution in [0.15, 0.2) is 36.8 Å². The van der Waals surface area contributed by atoms with Gasteiger partial charge in [-0.3, -0.25) is 0 Å². The highest BCUT2D eigenvalue weighted by Gasteiger charge is 2.23. The van der Waals surface area contributed by atoms with E-state index in [1.54, 1.807) is 0 Å². The van der Waals surface area contributed by atoms with Crippen molar-refractivity contribution < 1.29 is 4.74 Å². The summed E-state index contributed by atoms with van der Waals surface area (Å²) in [5.74, 6) is 1.46. The van der Waals surface area contributed by atoms with Crippen LogP contribution in [0.25, 0.3) is 0 Å². The molecule has 1 N–H and O–H groups in total. The Morgan fingerprint density at radius 1 is 1.42 bits per heavy atom. The van der Waals surface area contributed by atoms with Crippen LogP contribution in [0.1, 0.15) is 24.1 Å². The minimum Gasteiger partial charge on any atom is -0.493 e. The molecule has 1 aromatic heterocycles. The van der Waals surface area contributed by atoms with Gasteiger partial charge >= 0.3 is 0 Å². The van der Waals surface area contributed by atoms with Gasteiger partial charge in [-0.25, -0.2) is 4.98 Å². The van der Waals surface area contributed by atoms with Gasteiger partial charge in [0.2, 0.25) is 0 Å². The van der Waals surface area contributed by atoms with Gasteiger partial charge in [0.05, 0.1) is 18.6 Å². The van der Waals surface area contributed by atoms with Gasteiger partial charge in [-0.2, -0.15) is 0 Å². The zero-order valence-electron chi connectivity index (χ0n) is 11.2. The number of nitrogens with zero attached hydrogens (tertiary/aromatic N) is 2. The Morgan fingerprint density at radius 3 is 3.21 bits per heavy atom. The summed E-state index contributed by atoms with van der Waals surface area (Å²) in [6, 6.07) is 8.29. The average Bonchev–Trinajstić information content (AvgIpc) is 3.05. The summed E-state index contributed by atoms with van der Waals surface area (Å²) in [6.45, 7) is 5.60. The number of aromatic nitrogens is 2. The lowest BCUT2D eigenvalue weighted by atomic mass is 10.0. The van der Waals surface area contributed by atoms with E-state index >= 15 is 0 Å². The maximum absolute atomic E-state index is 5.71. The summed E-state index contributed by atoms with van der Waals surface area (Å²) in [7, 11) is 0. The van der Waals surface area contributed by atoms with E-state index in [0.29, 0.717) is 5.92 Å². The van der Waals surface area contributed by atoms with Gasteiger partial charge < -0.3 is 14.6 Å². The molecule has 1 atom stereocenters. The van der Waals surface area contributed by atoms with E-state index in [1.807, 2.05) is 18.5 Å². The molecular weight excluding hydrogens is 238 g/mol. The van der Waals surface area contributed by atoms with E-state index in [-0.39, 0.29) is 0 Å². The van der Waals surface area contributed by atoms with Crippen LogP contribution in [0.5, 0.6) is 5.75 Å². The summed E-state index contributed by atoms with van der Waals surface area (Å²) in [5.41, 5.74) is 2.40. The van der Waals surface area contributed by atoms with E-state index in [0.717, 1.165) is 37.7 Å². The summed E-state index contributed by atoms with van der Waals surface area (Å²) in [5, 5.41) is 3.29. The molecular formula is C15H19N3O. The van der Waals surface area contributed by atoms with E-state index in [9.17, 15) is 0 Å². The molecule has 1 aliphatic rings. The van der Waals surface area contributed by atoms with Gasteiger partial charge in [0.15, 0.2) is 0 Å². The molecule has 2 heterocycles. The number of nitrogens with one attached hydrogen (secondary N) is 1. The first kappa shape index (κ1) is 12.2. The fourth-order valence-electron chi connectivity index (χ4n) is 2.49. The van der Waals surface area contributed by atoms with Gasteiger partial charge in [-0.05, 0) is 12.6 Å². The summed E-state index contributed by atoms with van der Waals surface area (Å²) >= 11 is 0. The van der Waals surface area contributed by atoms with Crippen LogP contribution in [0.3, 0.4) is 0 Å². The molecule has 0 radical (unpaired) electrons. The molecule has 3 rings (SSSR count). The van der Waals surface area contributed by atoms with Crippen LogP contribution in [0, 0.1) is 0 Å². The Morgan fingerprint density at radius 2 is 2.32 bits per heavy atom. The van der Waals surface area contributed by atoms with E-state index in [4.69, 9.17) is 4.74 Å². The van der Waals surface area contributed by atoms with Crippen LogP contribution >= 0.6 is 0 Å². The number of benzene rings is 1. The minimum atomic E-state index is 0.428. The van der Waals surface area contributed by atoms with Gasteiger partial charge in [-0.15, -0.1) is 0 Å². The van der Waals surface area contributed by atoms with Crippen LogP contribution < -0.4 is 10.1 Å². The van der Waals surface area contributed by atoms with Crippen LogP contribution in [-0.2, 0) is 13.1 Å². The monoisotopic (exact) mass is 257 g/mol. The Hall–Kier alpha value is -1.81. The van der Waals surface area contributed by atoms with Crippen molar-refractivity contribution in [3.8, 4) is 5.75 Å². The van der Waals surface area contributed by atoms with Crippen molar-refractivity contribution >= 4 is 0 Å². The molecule has 0 saturated heterocycles. The molecule has 0 fully saturated rings. The first-order valence-corrected chi connectivity index (χ1v) is 6.80. The number of fused-ring (bicyclic) bond motifs is 1. The lowest BCUT2D eigenvalue weighted by Crippen LogP contribution is -2.12. The minimum absolute atomic E-state index is 0.428. The van der Waals surface area contributed by atoms with E-state index in [1.165, 1.54) is 5.56 Å². The van der Waals surface area contributed by atoms with Gasteiger partial charge in [-0.1, -0.05) is 25.1 Å². The third kappa shape index (κ3) is 2.63. The molecule has 4 nitrogen and oxygen atoms in total. The summed E-state index contributed by atoms with van der Waals surface area (Å²) < 4.78 is 7.86. The molecule has 0 saturated carbocycles. The molecule has 1 aromatic carbocycles. The predicted octanol–water partition coefficient (Wildman–Crippen LogP) is 2.17. The molecule has 0 amide bonds. The highest BCUT2D eigenvalue weighted by atomic mass is 16.5.